The number of carbonyl (C=O) groups excluding carboxylic acids is 3. The molecule has 1 aromatic carbocycles. The fourth-order valence-corrected chi connectivity index (χ4v) is 2.86. The van der Waals surface area contributed by atoms with E-state index in [-0.39, 0.29) is 29.0 Å². The van der Waals surface area contributed by atoms with Gasteiger partial charge in [-0.15, -0.1) is 0 Å². The molecule has 0 aliphatic carbocycles. The van der Waals surface area contributed by atoms with Crippen molar-refractivity contribution in [2.24, 2.45) is 0 Å². The molecule has 0 spiro atoms. The van der Waals surface area contributed by atoms with Gasteiger partial charge in [0.2, 0.25) is 0 Å². The Hall–Kier alpha value is -3.54. The molecule has 1 aliphatic heterocycles. The summed E-state index contributed by atoms with van der Waals surface area (Å²) in [7, 11) is 1.25. The van der Waals surface area contributed by atoms with Gasteiger partial charge in [0.15, 0.2) is 0 Å². The number of esters is 1. The average molecular weight is 400 g/mol. The van der Waals surface area contributed by atoms with Gasteiger partial charge < -0.3 is 25.0 Å². The molecular weight excluding hydrogens is 376 g/mol. The van der Waals surface area contributed by atoms with Crippen LogP contribution in [0.3, 0.4) is 0 Å². The number of rotatable bonds is 6. The highest BCUT2D eigenvalue weighted by molar-refractivity contribution is 6.09. The minimum absolute atomic E-state index is 0.0270. The first kappa shape index (κ1) is 21.8. The first-order chi connectivity index (χ1) is 14.0. The fraction of sp³-hybridized carbons (Fsp3) is 0.400. The first-order valence-corrected chi connectivity index (χ1v) is 9.26. The maximum atomic E-state index is 12.4. The lowest BCUT2D eigenvalue weighted by Crippen LogP contribution is -2.44. The van der Waals surface area contributed by atoms with Gasteiger partial charge in [-0.25, -0.2) is 9.59 Å². The largest absolute Gasteiger partial charge is 0.465 e. The maximum Gasteiger partial charge on any atom is 0.409 e. The Kier molecular flexibility index (Phi) is 8.03. The number of benzene rings is 1. The summed E-state index contributed by atoms with van der Waals surface area (Å²) >= 11 is 0. The van der Waals surface area contributed by atoms with Crippen LogP contribution in [-0.2, 0) is 14.3 Å². The lowest BCUT2D eigenvalue weighted by molar-refractivity contribution is -0.112. The van der Waals surface area contributed by atoms with Crippen LogP contribution in [-0.4, -0.2) is 55.7 Å². The third-order valence-electron chi connectivity index (χ3n) is 4.43. The minimum atomic E-state index is -0.639. The number of para-hydroxylation sites is 1. The number of amides is 2. The van der Waals surface area contributed by atoms with Gasteiger partial charge in [-0.2, -0.15) is 5.26 Å². The number of nitriles is 1. The normalized spacial score (nSPS) is 14.5. The molecule has 154 valence electrons. The number of nitrogens with one attached hydrogen (secondary N) is 2. The van der Waals surface area contributed by atoms with Crippen LogP contribution in [0.25, 0.3) is 0 Å². The van der Waals surface area contributed by atoms with E-state index in [1.165, 1.54) is 19.4 Å². The van der Waals surface area contributed by atoms with Gasteiger partial charge in [-0.05, 0) is 31.9 Å². The Morgan fingerprint density at radius 2 is 1.97 bits per heavy atom. The van der Waals surface area contributed by atoms with E-state index < -0.39 is 11.9 Å². The zero-order valence-electron chi connectivity index (χ0n) is 16.4. The summed E-state index contributed by atoms with van der Waals surface area (Å²) in [5.74, 6) is -1.23. The zero-order chi connectivity index (χ0) is 21.2. The smallest absolute Gasteiger partial charge is 0.409 e. The van der Waals surface area contributed by atoms with Crippen LogP contribution >= 0.6 is 0 Å². The van der Waals surface area contributed by atoms with Crippen molar-refractivity contribution in [3.05, 3.63) is 41.6 Å². The van der Waals surface area contributed by atoms with Gasteiger partial charge in [0, 0.05) is 25.3 Å². The van der Waals surface area contributed by atoms with Gasteiger partial charge >= 0.3 is 12.1 Å². The number of carbonyl (C=O) groups is 3. The van der Waals surface area contributed by atoms with Gasteiger partial charge in [-0.1, -0.05) is 12.1 Å². The maximum absolute atomic E-state index is 12.4. The van der Waals surface area contributed by atoms with E-state index >= 15 is 0 Å². The molecule has 9 nitrogen and oxygen atoms in total. The molecular formula is C20H24N4O5. The monoisotopic (exact) mass is 400 g/mol. The molecule has 2 N–H and O–H groups in total. The molecule has 29 heavy (non-hydrogen) atoms. The summed E-state index contributed by atoms with van der Waals surface area (Å²) in [5, 5.41) is 14.9. The third kappa shape index (κ3) is 5.97. The molecule has 1 aliphatic rings. The van der Waals surface area contributed by atoms with Crippen molar-refractivity contribution in [2.75, 3.05) is 32.1 Å². The first-order valence-electron chi connectivity index (χ1n) is 9.26. The zero-order valence-corrected chi connectivity index (χ0v) is 16.4. The molecule has 1 saturated heterocycles. The van der Waals surface area contributed by atoms with Crippen LogP contribution in [0.4, 0.5) is 10.5 Å². The Labute approximate surface area is 169 Å². The number of anilines is 1. The quantitative estimate of drug-likeness (QED) is 0.426. The lowest BCUT2D eigenvalue weighted by Gasteiger charge is -2.31. The molecule has 2 rings (SSSR count). The molecule has 0 radical (unpaired) electrons. The molecule has 0 unspecified atom stereocenters. The van der Waals surface area contributed by atoms with E-state index in [1.54, 1.807) is 30.0 Å². The second kappa shape index (κ2) is 10.7. The highest BCUT2D eigenvalue weighted by atomic mass is 16.6. The van der Waals surface area contributed by atoms with E-state index in [4.69, 9.17) is 9.47 Å². The summed E-state index contributed by atoms with van der Waals surface area (Å²) in [6.45, 7) is 3.16. The number of hydrogen-bond acceptors (Lipinski definition) is 7. The van der Waals surface area contributed by atoms with Crippen LogP contribution in [0.15, 0.2) is 36.0 Å². The number of methoxy groups -OCH3 is 1. The SMILES string of the molecule is CCOC(=O)N1CCC(N/C=C(/C#N)C(=O)Nc2ccccc2C(=O)OC)CC1. The molecule has 9 heteroatoms. The molecule has 2 amide bonds. The van der Waals surface area contributed by atoms with Crippen molar-refractivity contribution in [1.29, 1.82) is 5.26 Å². The Morgan fingerprint density at radius 1 is 1.28 bits per heavy atom. The van der Waals surface area contributed by atoms with Crippen LogP contribution in [0.5, 0.6) is 0 Å². The van der Waals surface area contributed by atoms with Crippen molar-refractivity contribution in [3.63, 3.8) is 0 Å². The molecule has 1 aromatic rings. The average Bonchev–Trinajstić information content (AvgIpc) is 2.74. The molecule has 0 bridgehead atoms. The predicted molar refractivity (Wildman–Crippen MR) is 105 cm³/mol. The summed E-state index contributed by atoms with van der Waals surface area (Å²) < 4.78 is 9.67. The van der Waals surface area contributed by atoms with Crippen LogP contribution < -0.4 is 10.6 Å². The number of nitrogens with zero attached hydrogens (tertiary/aromatic N) is 2. The molecule has 0 saturated carbocycles. The van der Waals surface area contributed by atoms with E-state index in [1.807, 2.05) is 6.07 Å². The molecule has 1 heterocycles. The topological polar surface area (TPSA) is 121 Å². The van der Waals surface area contributed by atoms with E-state index in [0.717, 1.165) is 0 Å². The third-order valence-corrected chi connectivity index (χ3v) is 4.43. The number of ether oxygens (including phenoxy) is 2. The summed E-state index contributed by atoms with van der Waals surface area (Å²) in [4.78, 5) is 37.6. The predicted octanol–water partition coefficient (Wildman–Crippen LogP) is 2.03. The van der Waals surface area contributed by atoms with Gasteiger partial charge in [0.05, 0.1) is 25.0 Å². The minimum Gasteiger partial charge on any atom is -0.465 e. The number of likely N-dealkylation sites (tertiary alicyclic amines) is 1. The number of hydrogen-bond donors (Lipinski definition) is 2. The molecule has 0 aromatic heterocycles. The van der Waals surface area contributed by atoms with Gasteiger partial charge in [0.25, 0.3) is 5.91 Å². The summed E-state index contributed by atoms with van der Waals surface area (Å²) in [6.07, 6.45) is 2.37. The van der Waals surface area contributed by atoms with Crippen molar-refractivity contribution in [3.8, 4) is 6.07 Å². The Bertz CT molecular complexity index is 822. The summed E-state index contributed by atoms with van der Waals surface area (Å²) in [6, 6.07) is 8.26. The van der Waals surface area contributed by atoms with Crippen molar-refractivity contribution in [2.45, 2.75) is 25.8 Å². The standard InChI is InChI=1S/C20H24N4O5/c1-3-29-20(27)24-10-8-15(9-11-24)22-13-14(12-21)18(25)23-17-7-5-4-6-16(17)19(26)28-2/h4-7,13,15,22H,3,8-11H2,1-2H3,(H,23,25)/b14-13-. The highest BCUT2D eigenvalue weighted by Crippen LogP contribution is 2.17. The van der Waals surface area contributed by atoms with E-state index in [2.05, 4.69) is 10.6 Å². The second-order valence-electron chi connectivity index (χ2n) is 6.29. The van der Waals surface area contributed by atoms with Crippen molar-refractivity contribution >= 4 is 23.7 Å². The van der Waals surface area contributed by atoms with Crippen LogP contribution in [0, 0.1) is 11.3 Å². The van der Waals surface area contributed by atoms with Gasteiger partial charge in [-0.3, -0.25) is 4.79 Å². The van der Waals surface area contributed by atoms with E-state index in [0.29, 0.717) is 32.5 Å². The summed E-state index contributed by atoms with van der Waals surface area (Å²) in [5.41, 5.74) is 0.325. The Balaban J connectivity index is 1.96. The van der Waals surface area contributed by atoms with Crippen molar-refractivity contribution in [1.82, 2.24) is 10.2 Å². The van der Waals surface area contributed by atoms with Crippen molar-refractivity contribution < 1.29 is 23.9 Å². The van der Waals surface area contributed by atoms with Crippen LogP contribution in [0.1, 0.15) is 30.1 Å². The Morgan fingerprint density at radius 3 is 2.59 bits per heavy atom. The fourth-order valence-electron chi connectivity index (χ4n) is 2.86. The second-order valence-corrected chi connectivity index (χ2v) is 6.29. The molecule has 1 fully saturated rings. The number of piperidine rings is 1. The van der Waals surface area contributed by atoms with Gasteiger partial charge in [0.1, 0.15) is 11.6 Å². The lowest BCUT2D eigenvalue weighted by atomic mass is 10.1. The molecule has 0 atom stereocenters. The highest BCUT2D eigenvalue weighted by Gasteiger charge is 2.23. The van der Waals surface area contributed by atoms with E-state index in [9.17, 15) is 19.6 Å². The van der Waals surface area contributed by atoms with Crippen LogP contribution in [0.2, 0.25) is 0 Å².